The van der Waals surface area contributed by atoms with Gasteiger partial charge < -0.3 is 30.1 Å². The van der Waals surface area contributed by atoms with Gasteiger partial charge in [0.1, 0.15) is 18.5 Å². The Balaban J connectivity index is 1.44. The number of aliphatic hydroxyl groups is 1. The number of ether oxygens (including phenoxy) is 2. The van der Waals surface area contributed by atoms with Crippen LogP contribution in [0.5, 0.6) is 5.75 Å². The predicted octanol–water partition coefficient (Wildman–Crippen LogP) is 3.80. The van der Waals surface area contributed by atoms with Crippen LogP contribution in [0.15, 0.2) is 78.9 Å². The first-order valence-corrected chi connectivity index (χ1v) is 11.0. The summed E-state index contributed by atoms with van der Waals surface area (Å²) in [5, 5.41) is 16.6. The lowest BCUT2D eigenvalue weighted by Crippen LogP contribution is -2.51. The van der Waals surface area contributed by atoms with Crippen molar-refractivity contribution < 1.29 is 24.2 Å². The summed E-state index contributed by atoms with van der Waals surface area (Å²) in [5.41, 5.74) is 2.72. The third-order valence-electron chi connectivity index (χ3n) is 5.67. The largest absolute Gasteiger partial charge is 0.496 e. The van der Waals surface area contributed by atoms with Gasteiger partial charge in [-0.15, -0.1) is 0 Å². The molecular formula is C26H27N3O5. The summed E-state index contributed by atoms with van der Waals surface area (Å²) in [6, 6.07) is 22.6. The van der Waals surface area contributed by atoms with Gasteiger partial charge in [0.2, 0.25) is 5.91 Å². The third kappa shape index (κ3) is 5.54. The Morgan fingerprint density at radius 1 is 1.03 bits per heavy atom. The number of anilines is 2. The number of hydrogen-bond acceptors (Lipinski definition) is 5. The van der Waals surface area contributed by atoms with Gasteiger partial charge in [-0.2, -0.15) is 0 Å². The minimum absolute atomic E-state index is 0.0300. The van der Waals surface area contributed by atoms with Gasteiger partial charge in [0.05, 0.1) is 19.8 Å². The molecule has 3 N–H and O–H groups in total. The number of methoxy groups -OCH3 is 1. The quantitative estimate of drug-likeness (QED) is 0.497. The van der Waals surface area contributed by atoms with Gasteiger partial charge >= 0.3 is 6.03 Å². The van der Waals surface area contributed by atoms with Crippen LogP contribution >= 0.6 is 0 Å². The van der Waals surface area contributed by atoms with Crippen molar-refractivity contribution in [2.75, 3.05) is 31.0 Å². The van der Waals surface area contributed by atoms with Crippen molar-refractivity contribution in [2.24, 2.45) is 0 Å². The summed E-state index contributed by atoms with van der Waals surface area (Å²) in [6.45, 7) is 0.479. The number of nitrogens with zero attached hydrogens (tertiary/aromatic N) is 1. The molecule has 3 amide bonds. The first kappa shape index (κ1) is 23.3. The zero-order valence-electron chi connectivity index (χ0n) is 18.8. The van der Waals surface area contributed by atoms with E-state index in [0.717, 1.165) is 5.56 Å². The molecule has 1 saturated heterocycles. The molecule has 4 rings (SSSR count). The maximum Gasteiger partial charge on any atom is 0.323 e. The topological polar surface area (TPSA) is 100 Å². The highest BCUT2D eigenvalue weighted by molar-refractivity contribution is 5.99. The Morgan fingerprint density at radius 3 is 2.38 bits per heavy atom. The molecule has 176 valence electrons. The molecule has 0 aliphatic carbocycles. The number of aliphatic hydroxyl groups excluding tert-OH is 1. The molecule has 1 heterocycles. The van der Waals surface area contributed by atoms with Gasteiger partial charge in [-0.3, -0.25) is 4.79 Å². The van der Waals surface area contributed by atoms with Gasteiger partial charge in [0, 0.05) is 23.5 Å². The fraction of sp³-hybridized carbons (Fsp3) is 0.231. The number of rotatable bonds is 7. The second-order valence-electron chi connectivity index (χ2n) is 7.93. The first-order chi connectivity index (χ1) is 16.5. The number of carbonyl (C=O) groups is 2. The van der Waals surface area contributed by atoms with Crippen molar-refractivity contribution in [2.45, 2.75) is 18.7 Å². The average molecular weight is 462 g/mol. The molecule has 0 spiro atoms. The maximum atomic E-state index is 12.7. The molecule has 8 heteroatoms. The molecule has 34 heavy (non-hydrogen) atoms. The van der Waals surface area contributed by atoms with E-state index in [1.54, 1.807) is 48.4 Å². The van der Waals surface area contributed by atoms with Crippen LogP contribution in [0.1, 0.15) is 17.2 Å². The molecule has 0 unspecified atom stereocenters. The summed E-state index contributed by atoms with van der Waals surface area (Å²) in [6.07, 6.45) is -0.967. The van der Waals surface area contributed by atoms with Crippen molar-refractivity contribution in [1.29, 1.82) is 0 Å². The Kier molecular flexibility index (Phi) is 7.41. The van der Waals surface area contributed by atoms with E-state index >= 15 is 0 Å². The van der Waals surface area contributed by atoms with Gasteiger partial charge in [0.25, 0.3) is 0 Å². The van der Waals surface area contributed by atoms with Crippen LogP contribution in [-0.2, 0) is 16.1 Å². The molecule has 0 saturated carbocycles. The fourth-order valence-corrected chi connectivity index (χ4v) is 3.91. The first-order valence-electron chi connectivity index (χ1n) is 11.0. The lowest BCUT2D eigenvalue weighted by Gasteiger charge is -2.38. The monoisotopic (exact) mass is 461 g/mol. The van der Waals surface area contributed by atoms with Crippen LogP contribution in [0.2, 0.25) is 0 Å². The summed E-state index contributed by atoms with van der Waals surface area (Å²) < 4.78 is 10.9. The molecule has 1 fully saturated rings. The van der Waals surface area contributed by atoms with Crippen LogP contribution < -0.4 is 15.4 Å². The number of morpholine rings is 1. The van der Waals surface area contributed by atoms with Gasteiger partial charge in [-0.25, -0.2) is 4.79 Å². The molecule has 3 aromatic rings. The molecule has 0 radical (unpaired) electrons. The molecular weight excluding hydrogens is 434 g/mol. The second kappa shape index (κ2) is 10.8. The number of hydrogen-bond donors (Lipinski definition) is 3. The molecule has 0 bridgehead atoms. The van der Waals surface area contributed by atoms with E-state index < -0.39 is 12.1 Å². The molecule has 0 aromatic heterocycles. The number of nitrogens with one attached hydrogen (secondary N) is 2. The van der Waals surface area contributed by atoms with Crippen molar-refractivity contribution in [3.8, 4) is 5.75 Å². The van der Waals surface area contributed by atoms with Crippen molar-refractivity contribution in [1.82, 2.24) is 4.90 Å². The van der Waals surface area contributed by atoms with E-state index in [4.69, 9.17) is 9.47 Å². The average Bonchev–Trinajstić information content (AvgIpc) is 2.86. The molecule has 1 aliphatic heterocycles. The molecule has 3 aromatic carbocycles. The minimum Gasteiger partial charge on any atom is -0.496 e. The summed E-state index contributed by atoms with van der Waals surface area (Å²) in [5.74, 6) is 0.483. The highest BCUT2D eigenvalue weighted by Crippen LogP contribution is 2.28. The van der Waals surface area contributed by atoms with Crippen molar-refractivity contribution >= 4 is 23.3 Å². The van der Waals surface area contributed by atoms with Gasteiger partial charge in [-0.05, 0) is 35.9 Å². The molecule has 2 atom stereocenters. The standard InChI is InChI=1S/C26H27N3O5/c1-33-23-10-6-5-7-19(23)15-29-22(16-34-17-24(29)30)25(31)18-11-13-21(14-12-18)28-26(32)27-20-8-3-2-4-9-20/h2-14,22,25,31H,15-17H2,1H3,(H2,27,28,32)/t22-,25-/m1/s1. The Bertz CT molecular complexity index is 1120. The Hall–Kier alpha value is -3.88. The normalized spacial score (nSPS) is 16.6. The number of carbonyl (C=O) groups excluding carboxylic acids is 2. The van der Waals surface area contributed by atoms with Crippen molar-refractivity contribution in [3.63, 3.8) is 0 Å². The highest BCUT2D eigenvalue weighted by atomic mass is 16.5. The van der Waals surface area contributed by atoms with Crippen LogP contribution in [0.3, 0.4) is 0 Å². The zero-order valence-corrected chi connectivity index (χ0v) is 18.8. The van der Waals surface area contributed by atoms with Crippen LogP contribution in [0.25, 0.3) is 0 Å². The maximum absolute atomic E-state index is 12.7. The highest BCUT2D eigenvalue weighted by Gasteiger charge is 2.35. The van der Waals surface area contributed by atoms with E-state index in [1.807, 2.05) is 42.5 Å². The fourth-order valence-electron chi connectivity index (χ4n) is 3.91. The van der Waals surface area contributed by atoms with E-state index in [9.17, 15) is 14.7 Å². The third-order valence-corrected chi connectivity index (χ3v) is 5.67. The smallest absolute Gasteiger partial charge is 0.323 e. The minimum atomic E-state index is -0.967. The van der Waals surface area contributed by atoms with Gasteiger partial charge in [0.15, 0.2) is 0 Å². The van der Waals surface area contributed by atoms with Crippen LogP contribution in [0.4, 0.5) is 16.2 Å². The number of amides is 3. The van der Waals surface area contributed by atoms with Crippen LogP contribution in [0, 0.1) is 0 Å². The predicted molar refractivity (Wildman–Crippen MR) is 129 cm³/mol. The number of para-hydroxylation sites is 2. The lowest BCUT2D eigenvalue weighted by molar-refractivity contribution is -0.155. The SMILES string of the molecule is COc1ccccc1CN1C(=O)COC[C@@H]1[C@H](O)c1ccc(NC(=O)Nc2ccccc2)cc1. The Labute approximate surface area is 198 Å². The molecule has 1 aliphatic rings. The lowest BCUT2D eigenvalue weighted by atomic mass is 9.99. The number of urea groups is 1. The van der Waals surface area contributed by atoms with E-state index in [0.29, 0.717) is 29.2 Å². The zero-order chi connectivity index (χ0) is 23.9. The van der Waals surface area contributed by atoms with Crippen molar-refractivity contribution in [3.05, 3.63) is 90.0 Å². The summed E-state index contributed by atoms with van der Waals surface area (Å²) in [7, 11) is 1.59. The summed E-state index contributed by atoms with van der Waals surface area (Å²) in [4.78, 5) is 26.5. The van der Waals surface area contributed by atoms with E-state index in [2.05, 4.69) is 10.6 Å². The Morgan fingerprint density at radius 2 is 1.68 bits per heavy atom. The number of benzene rings is 3. The van der Waals surface area contributed by atoms with E-state index in [-0.39, 0.29) is 25.2 Å². The van der Waals surface area contributed by atoms with E-state index in [1.165, 1.54) is 0 Å². The van der Waals surface area contributed by atoms with Gasteiger partial charge in [-0.1, -0.05) is 48.5 Å². The van der Waals surface area contributed by atoms with Crippen LogP contribution in [-0.4, -0.2) is 48.3 Å². The second-order valence-corrected chi connectivity index (χ2v) is 7.93. The molecule has 8 nitrogen and oxygen atoms in total. The summed E-state index contributed by atoms with van der Waals surface area (Å²) >= 11 is 0.